The molecule has 1 heteroatoms. The van der Waals surface area contributed by atoms with Gasteiger partial charge in [-0.25, -0.2) is 0 Å². The molecule has 52 valence electrons. The highest BCUT2D eigenvalue weighted by Gasteiger charge is 1.99. The van der Waals surface area contributed by atoms with E-state index in [1.165, 1.54) is 31.0 Å². The normalized spacial score (nSPS) is 13.6. The Bertz CT molecular complexity index is 48.5. The molecular weight excluding hydrogens is 123 g/mol. The first-order chi connectivity index (χ1) is 4.35. The van der Waals surface area contributed by atoms with Gasteiger partial charge in [0.25, 0.3) is 0 Å². The van der Waals surface area contributed by atoms with E-state index in [2.05, 4.69) is 30.1 Å². The average Bonchev–Trinajstić information content (AvgIpc) is 1.91. The fourth-order valence-electron chi connectivity index (χ4n) is 0.981. The van der Waals surface area contributed by atoms with E-state index in [-0.39, 0.29) is 0 Å². The molecular formula is C8H17Al. The monoisotopic (exact) mass is 140 g/mol. The number of hydrogen-bond acceptors (Lipinski definition) is 0. The largest absolute Gasteiger partial charge is 0.118 e. The Hall–Kier alpha value is 0.532. The Morgan fingerprint density at radius 2 is 2.00 bits per heavy atom. The van der Waals surface area contributed by atoms with Crippen LogP contribution in [0.1, 0.15) is 39.5 Å². The van der Waals surface area contributed by atoms with Gasteiger partial charge in [0, 0.05) is 0 Å². The molecule has 0 rings (SSSR count). The van der Waals surface area contributed by atoms with E-state index in [0.717, 1.165) is 5.92 Å². The molecule has 0 aromatic heterocycles. The highest BCUT2D eigenvalue weighted by Crippen LogP contribution is 2.14. The lowest BCUT2D eigenvalue weighted by molar-refractivity contribution is 0.492. The molecule has 0 fully saturated rings. The van der Waals surface area contributed by atoms with E-state index >= 15 is 0 Å². The number of rotatable bonds is 5. The summed E-state index contributed by atoms with van der Waals surface area (Å²) in [6.07, 6.45) is 5.54. The van der Waals surface area contributed by atoms with Crippen molar-refractivity contribution in [2.24, 2.45) is 5.92 Å². The molecule has 0 spiro atoms. The molecule has 0 aliphatic carbocycles. The Morgan fingerprint density at radius 3 is 2.33 bits per heavy atom. The molecule has 2 radical (unpaired) electrons. The van der Waals surface area contributed by atoms with E-state index in [1.807, 2.05) is 0 Å². The van der Waals surface area contributed by atoms with Crippen LogP contribution in [-0.2, 0) is 0 Å². The van der Waals surface area contributed by atoms with Crippen molar-refractivity contribution in [3.63, 3.8) is 0 Å². The summed E-state index contributed by atoms with van der Waals surface area (Å²) in [4.78, 5) is 0. The van der Waals surface area contributed by atoms with Gasteiger partial charge in [-0.1, -0.05) is 45.4 Å². The molecule has 9 heavy (non-hydrogen) atoms. The van der Waals surface area contributed by atoms with Crippen LogP contribution in [0.15, 0.2) is 0 Å². The molecule has 0 N–H and O–H groups in total. The minimum absolute atomic E-state index is 0.968. The van der Waals surface area contributed by atoms with Crippen LogP contribution < -0.4 is 0 Å². The van der Waals surface area contributed by atoms with E-state index < -0.39 is 0 Å². The van der Waals surface area contributed by atoms with Gasteiger partial charge in [-0.05, 0) is 0 Å². The highest BCUT2D eigenvalue weighted by molar-refractivity contribution is 6.08. The second-order valence-corrected chi connectivity index (χ2v) is 3.12. The lowest BCUT2D eigenvalue weighted by Gasteiger charge is -2.10. The first kappa shape index (κ1) is 9.53. The Morgan fingerprint density at radius 1 is 1.33 bits per heavy atom. The van der Waals surface area contributed by atoms with Crippen molar-refractivity contribution >= 4 is 16.3 Å². The van der Waals surface area contributed by atoms with Crippen molar-refractivity contribution in [1.82, 2.24) is 0 Å². The molecule has 1 unspecified atom stereocenters. The predicted octanol–water partition coefficient (Wildman–Crippen LogP) is 2.79. The molecule has 0 saturated heterocycles. The van der Waals surface area contributed by atoms with Crippen LogP contribution >= 0.6 is 0 Å². The maximum Gasteiger partial charge on any atom is 0.118 e. The third-order valence-electron chi connectivity index (χ3n) is 1.88. The molecule has 0 bridgehead atoms. The molecule has 0 amide bonds. The van der Waals surface area contributed by atoms with E-state index in [1.54, 1.807) is 0 Å². The fourth-order valence-corrected chi connectivity index (χ4v) is 1.55. The van der Waals surface area contributed by atoms with Crippen molar-refractivity contribution in [2.75, 3.05) is 0 Å². The van der Waals surface area contributed by atoms with Gasteiger partial charge in [0.05, 0.1) is 0 Å². The van der Waals surface area contributed by atoms with E-state index in [0.29, 0.717) is 0 Å². The lowest BCUT2D eigenvalue weighted by Crippen LogP contribution is -1.96. The summed E-state index contributed by atoms with van der Waals surface area (Å²) < 4.78 is 0. The van der Waals surface area contributed by atoms with Crippen LogP contribution in [0.5, 0.6) is 0 Å². The zero-order chi connectivity index (χ0) is 7.11. The SMILES string of the molecule is CCCCC(CC)[CH2][Al]. The van der Waals surface area contributed by atoms with Crippen LogP contribution in [0.25, 0.3) is 0 Å². The van der Waals surface area contributed by atoms with Crippen LogP contribution in [0.2, 0.25) is 5.28 Å². The summed E-state index contributed by atoms with van der Waals surface area (Å²) in [7, 11) is 0. The summed E-state index contributed by atoms with van der Waals surface area (Å²) in [6, 6.07) is 0. The van der Waals surface area contributed by atoms with Crippen LogP contribution in [-0.4, -0.2) is 16.3 Å². The quantitative estimate of drug-likeness (QED) is 0.515. The van der Waals surface area contributed by atoms with Crippen molar-refractivity contribution in [2.45, 2.75) is 44.8 Å². The zero-order valence-corrected chi connectivity index (χ0v) is 7.84. The zero-order valence-electron chi connectivity index (χ0n) is 6.69. The molecule has 1 atom stereocenters. The van der Waals surface area contributed by atoms with E-state index in [4.69, 9.17) is 0 Å². The molecule has 0 nitrogen and oxygen atoms in total. The van der Waals surface area contributed by atoms with Gasteiger partial charge in [-0.3, -0.25) is 0 Å². The maximum absolute atomic E-state index is 2.83. The average molecular weight is 140 g/mol. The summed E-state index contributed by atoms with van der Waals surface area (Å²) in [5.41, 5.74) is 0. The van der Waals surface area contributed by atoms with Gasteiger partial charge in [-0.2, -0.15) is 0 Å². The van der Waals surface area contributed by atoms with Gasteiger partial charge in [0.1, 0.15) is 16.3 Å². The molecule has 0 heterocycles. The minimum atomic E-state index is 0.968. The van der Waals surface area contributed by atoms with Crippen molar-refractivity contribution in [3.8, 4) is 0 Å². The first-order valence-electron chi connectivity index (χ1n) is 4.05. The predicted molar refractivity (Wildman–Crippen MR) is 43.9 cm³/mol. The van der Waals surface area contributed by atoms with E-state index in [9.17, 15) is 0 Å². The lowest BCUT2D eigenvalue weighted by atomic mass is 10.0. The molecule has 0 aromatic carbocycles. The summed E-state index contributed by atoms with van der Waals surface area (Å²) >= 11 is 2.83. The Balaban J connectivity index is 3.09. The van der Waals surface area contributed by atoms with Gasteiger partial charge < -0.3 is 0 Å². The van der Waals surface area contributed by atoms with Crippen LogP contribution in [0.3, 0.4) is 0 Å². The second-order valence-electron chi connectivity index (χ2n) is 2.65. The second kappa shape index (κ2) is 6.65. The van der Waals surface area contributed by atoms with Crippen molar-refractivity contribution < 1.29 is 0 Å². The Kier molecular flexibility index (Phi) is 7.04. The van der Waals surface area contributed by atoms with Gasteiger partial charge in [0.2, 0.25) is 0 Å². The third-order valence-corrected chi connectivity index (χ3v) is 2.54. The number of hydrogen-bond donors (Lipinski definition) is 0. The Labute approximate surface area is 67.5 Å². The van der Waals surface area contributed by atoms with Gasteiger partial charge in [-0.15, -0.1) is 5.28 Å². The van der Waals surface area contributed by atoms with Crippen molar-refractivity contribution in [1.29, 1.82) is 0 Å². The van der Waals surface area contributed by atoms with Crippen LogP contribution in [0.4, 0.5) is 0 Å². The number of unbranched alkanes of at least 4 members (excludes halogenated alkanes) is 1. The summed E-state index contributed by atoms with van der Waals surface area (Å²) in [6.45, 7) is 4.54. The molecule has 0 aliphatic heterocycles. The third kappa shape index (κ3) is 5.00. The van der Waals surface area contributed by atoms with Gasteiger partial charge >= 0.3 is 0 Å². The molecule has 0 aromatic rings. The standard InChI is InChI=1S/C8H17.Al/c1-4-6-7-8(3)5-2;/h8H,3-7H2,1-2H3;. The smallest absolute Gasteiger partial charge is 0.115 e. The van der Waals surface area contributed by atoms with Crippen molar-refractivity contribution in [3.05, 3.63) is 0 Å². The summed E-state index contributed by atoms with van der Waals surface area (Å²) in [5.74, 6) is 0.968. The topological polar surface area (TPSA) is 0 Å². The fraction of sp³-hybridized carbons (Fsp3) is 1.00. The highest BCUT2D eigenvalue weighted by atomic mass is 27.0. The molecule has 0 saturated carbocycles. The maximum atomic E-state index is 2.83. The molecule has 0 aliphatic rings. The van der Waals surface area contributed by atoms with Gasteiger partial charge in [0.15, 0.2) is 0 Å². The first-order valence-corrected chi connectivity index (χ1v) is 4.86. The van der Waals surface area contributed by atoms with Crippen LogP contribution in [0, 0.1) is 5.92 Å². The summed E-state index contributed by atoms with van der Waals surface area (Å²) in [5, 5.41) is 1.29. The minimum Gasteiger partial charge on any atom is -0.115 e.